The maximum atomic E-state index is 12.7. The fourth-order valence-electron chi connectivity index (χ4n) is 2.59. The van der Waals surface area contributed by atoms with E-state index in [0.29, 0.717) is 18.0 Å². The molecule has 1 aromatic carbocycles. The molecule has 0 spiro atoms. The summed E-state index contributed by atoms with van der Waals surface area (Å²) in [5.41, 5.74) is 0.972. The lowest BCUT2D eigenvalue weighted by atomic mass is 10.0. The second kappa shape index (κ2) is 6.48. The van der Waals surface area contributed by atoms with Crippen molar-refractivity contribution < 1.29 is 9.59 Å². The van der Waals surface area contributed by atoms with Gasteiger partial charge in [-0.15, -0.1) is 0 Å². The molecule has 0 bridgehead atoms. The summed E-state index contributed by atoms with van der Waals surface area (Å²) in [4.78, 5) is 26.4. The van der Waals surface area contributed by atoms with Crippen molar-refractivity contribution in [3.63, 3.8) is 0 Å². The molecule has 4 nitrogen and oxygen atoms in total. The van der Waals surface area contributed by atoms with Gasteiger partial charge < -0.3 is 10.2 Å². The predicted octanol–water partition coefficient (Wildman–Crippen LogP) is 2.60. The van der Waals surface area contributed by atoms with E-state index in [0.717, 1.165) is 5.56 Å². The molecule has 5 heteroatoms. The van der Waals surface area contributed by atoms with Gasteiger partial charge in [0, 0.05) is 24.0 Å². The van der Waals surface area contributed by atoms with Crippen LogP contribution in [0.3, 0.4) is 0 Å². The van der Waals surface area contributed by atoms with Crippen LogP contribution in [0.1, 0.15) is 32.8 Å². The molecule has 21 heavy (non-hydrogen) atoms. The zero-order valence-electron chi connectivity index (χ0n) is 12.6. The molecule has 1 fully saturated rings. The van der Waals surface area contributed by atoms with E-state index in [1.54, 1.807) is 11.0 Å². The Morgan fingerprint density at radius 3 is 2.71 bits per heavy atom. The molecule has 1 aromatic rings. The molecule has 2 rings (SSSR count). The predicted molar refractivity (Wildman–Crippen MR) is 82.8 cm³/mol. The first-order valence-corrected chi connectivity index (χ1v) is 7.60. The highest BCUT2D eigenvalue weighted by Crippen LogP contribution is 2.20. The van der Waals surface area contributed by atoms with Crippen molar-refractivity contribution in [3.05, 3.63) is 34.9 Å². The molecule has 0 aliphatic carbocycles. The summed E-state index contributed by atoms with van der Waals surface area (Å²) >= 11 is 6.00. The first-order chi connectivity index (χ1) is 9.88. The molecule has 1 aliphatic rings. The van der Waals surface area contributed by atoms with Crippen molar-refractivity contribution in [1.29, 1.82) is 0 Å². The second-order valence-corrected chi connectivity index (χ2v) is 6.37. The zero-order chi connectivity index (χ0) is 15.6. The molecule has 1 N–H and O–H groups in total. The Hall–Kier alpha value is -1.55. The monoisotopic (exact) mass is 308 g/mol. The average molecular weight is 309 g/mol. The second-order valence-electron chi connectivity index (χ2n) is 5.94. The van der Waals surface area contributed by atoms with E-state index in [4.69, 9.17) is 11.6 Å². The van der Waals surface area contributed by atoms with E-state index in [1.807, 2.05) is 39.0 Å². The maximum absolute atomic E-state index is 12.7. The molecule has 2 amide bonds. The number of hydrogen-bond donors (Lipinski definition) is 1. The summed E-state index contributed by atoms with van der Waals surface area (Å²) < 4.78 is 0. The van der Waals surface area contributed by atoms with Crippen molar-refractivity contribution in [2.45, 2.75) is 45.8 Å². The van der Waals surface area contributed by atoms with E-state index < -0.39 is 6.04 Å². The Bertz CT molecular complexity index is 545. The maximum Gasteiger partial charge on any atom is 0.245 e. The van der Waals surface area contributed by atoms with Crippen LogP contribution in [0.2, 0.25) is 5.02 Å². The summed E-state index contributed by atoms with van der Waals surface area (Å²) in [5.74, 6) is -0.0277. The molecule has 2 unspecified atom stereocenters. The molecule has 0 saturated carbocycles. The van der Waals surface area contributed by atoms with Crippen LogP contribution in [0.25, 0.3) is 0 Å². The number of nitrogens with zero attached hydrogens (tertiary/aromatic N) is 1. The van der Waals surface area contributed by atoms with Gasteiger partial charge in [0.05, 0.1) is 0 Å². The first kappa shape index (κ1) is 15.8. The van der Waals surface area contributed by atoms with E-state index in [9.17, 15) is 9.59 Å². The summed E-state index contributed by atoms with van der Waals surface area (Å²) in [6.07, 6.45) is 0.329. The van der Waals surface area contributed by atoms with Gasteiger partial charge in [-0.2, -0.15) is 0 Å². The summed E-state index contributed by atoms with van der Waals surface area (Å²) in [6, 6.07) is 6.89. The minimum absolute atomic E-state index is 0.0247. The largest absolute Gasteiger partial charge is 0.344 e. The number of hydrogen-bond acceptors (Lipinski definition) is 2. The Kier molecular flexibility index (Phi) is 4.88. The topological polar surface area (TPSA) is 49.4 Å². The summed E-state index contributed by atoms with van der Waals surface area (Å²) in [7, 11) is 0. The van der Waals surface area contributed by atoms with Crippen LogP contribution >= 0.6 is 11.6 Å². The quantitative estimate of drug-likeness (QED) is 0.933. The van der Waals surface area contributed by atoms with E-state index in [1.165, 1.54) is 0 Å². The van der Waals surface area contributed by atoms with Gasteiger partial charge in [-0.3, -0.25) is 9.59 Å². The molecule has 1 saturated heterocycles. The third-order valence-electron chi connectivity index (χ3n) is 3.79. The van der Waals surface area contributed by atoms with Crippen LogP contribution in [0.15, 0.2) is 24.3 Å². The number of rotatable bonds is 3. The Labute approximate surface area is 130 Å². The van der Waals surface area contributed by atoms with Gasteiger partial charge in [0.1, 0.15) is 6.04 Å². The number of nitrogens with one attached hydrogen (secondary N) is 1. The number of halogens is 1. The number of carbonyl (C=O) groups excluding carboxylic acids is 2. The Morgan fingerprint density at radius 2 is 2.10 bits per heavy atom. The highest BCUT2D eigenvalue weighted by atomic mass is 35.5. The smallest absolute Gasteiger partial charge is 0.245 e. The molecule has 1 aliphatic heterocycles. The highest BCUT2D eigenvalue weighted by molar-refractivity contribution is 6.30. The number of carbonyl (C=O) groups is 2. The lowest BCUT2D eigenvalue weighted by Crippen LogP contribution is -2.48. The molecular weight excluding hydrogens is 288 g/mol. The lowest BCUT2D eigenvalue weighted by Gasteiger charge is -2.30. The fraction of sp³-hybridized carbons (Fsp3) is 0.500. The van der Waals surface area contributed by atoms with Crippen LogP contribution in [0.5, 0.6) is 0 Å². The molecule has 114 valence electrons. The van der Waals surface area contributed by atoms with Crippen LogP contribution < -0.4 is 5.32 Å². The number of benzene rings is 1. The third-order valence-corrected chi connectivity index (χ3v) is 4.02. The van der Waals surface area contributed by atoms with Crippen molar-refractivity contribution in [3.8, 4) is 0 Å². The van der Waals surface area contributed by atoms with E-state index >= 15 is 0 Å². The molecule has 2 atom stereocenters. The van der Waals surface area contributed by atoms with Crippen molar-refractivity contribution in [2.24, 2.45) is 5.92 Å². The van der Waals surface area contributed by atoms with Crippen molar-refractivity contribution >= 4 is 23.4 Å². The van der Waals surface area contributed by atoms with Crippen LogP contribution in [-0.2, 0) is 16.1 Å². The van der Waals surface area contributed by atoms with Crippen LogP contribution in [0.4, 0.5) is 0 Å². The first-order valence-electron chi connectivity index (χ1n) is 7.22. The van der Waals surface area contributed by atoms with Crippen LogP contribution in [0, 0.1) is 5.92 Å². The Morgan fingerprint density at radius 1 is 1.38 bits per heavy atom. The lowest BCUT2D eigenvalue weighted by molar-refractivity contribution is -0.136. The molecule has 0 aromatic heterocycles. The van der Waals surface area contributed by atoms with Crippen molar-refractivity contribution in [2.75, 3.05) is 0 Å². The zero-order valence-corrected chi connectivity index (χ0v) is 13.4. The third kappa shape index (κ3) is 3.76. The van der Waals surface area contributed by atoms with Gasteiger partial charge in [-0.25, -0.2) is 0 Å². The highest BCUT2D eigenvalue weighted by Gasteiger charge is 2.35. The van der Waals surface area contributed by atoms with Crippen LogP contribution in [-0.4, -0.2) is 28.8 Å². The summed E-state index contributed by atoms with van der Waals surface area (Å²) in [5, 5.41) is 3.48. The fourth-order valence-corrected chi connectivity index (χ4v) is 2.80. The van der Waals surface area contributed by atoms with Gasteiger partial charge >= 0.3 is 0 Å². The average Bonchev–Trinajstić information content (AvgIpc) is 2.50. The van der Waals surface area contributed by atoms with Gasteiger partial charge in [0.15, 0.2) is 0 Å². The number of amides is 2. The van der Waals surface area contributed by atoms with Gasteiger partial charge in [-0.1, -0.05) is 37.6 Å². The molecule has 1 heterocycles. The van der Waals surface area contributed by atoms with Crippen molar-refractivity contribution in [1.82, 2.24) is 10.2 Å². The van der Waals surface area contributed by atoms with Gasteiger partial charge in [-0.05, 0) is 30.5 Å². The minimum Gasteiger partial charge on any atom is -0.344 e. The normalized spacial score (nSPS) is 23.2. The van der Waals surface area contributed by atoms with E-state index in [-0.39, 0.29) is 23.8 Å². The SMILES string of the molecule is CC(C)C1NC(=O)CC(C)N(Cc2cccc(Cl)c2)C1=O. The Balaban J connectivity index is 2.25. The van der Waals surface area contributed by atoms with E-state index in [2.05, 4.69) is 5.32 Å². The van der Waals surface area contributed by atoms with Gasteiger partial charge in [0.2, 0.25) is 11.8 Å². The molecule has 0 radical (unpaired) electrons. The van der Waals surface area contributed by atoms with Gasteiger partial charge in [0.25, 0.3) is 0 Å². The summed E-state index contributed by atoms with van der Waals surface area (Å²) in [6.45, 7) is 6.26. The standard InChI is InChI=1S/C16H21ClN2O2/c1-10(2)15-16(21)19(11(3)7-14(20)18-15)9-12-5-4-6-13(17)8-12/h4-6,8,10-11,15H,7,9H2,1-3H3,(H,18,20). The molecular formula is C16H21ClN2O2. The minimum atomic E-state index is -0.457.